The van der Waals surface area contributed by atoms with Crippen LogP contribution in [0.2, 0.25) is 0 Å². The summed E-state index contributed by atoms with van der Waals surface area (Å²) in [5.41, 5.74) is 7.29. The number of hydrogen-bond acceptors (Lipinski definition) is 3. The lowest BCUT2D eigenvalue weighted by atomic mass is 9.81. The largest absolute Gasteiger partial charge is 0.459 e. The van der Waals surface area contributed by atoms with Crippen molar-refractivity contribution in [3.8, 4) is 0 Å². The van der Waals surface area contributed by atoms with E-state index in [4.69, 9.17) is 10.2 Å². The molecule has 23 heavy (non-hydrogen) atoms. The Hall–Kier alpha value is -1.52. The average molecular weight is 339 g/mol. The number of halogens is 1. The molecule has 1 aromatic heterocycles. The van der Waals surface area contributed by atoms with Crippen molar-refractivity contribution in [3.63, 3.8) is 0 Å². The predicted octanol–water partition coefficient (Wildman–Crippen LogP) is 4.11. The SMILES string of the molecule is CCC(CC)(CN)C(=O)NC(C)c1oc2ccccc2c1C.Cl. The molecule has 1 aromatic carbocycles. The molecule has 0 saturated carbocycles. The smallest absolute Gasteiger partial charge is 0.228 e. The van der Waals surface area contributed by atoms with Crippen LogP contribution in [0.15, 0.2) is 28.7 Å². The van der Waals surface area contributed by atoms with Crippen LogP contribution in [-0.2, 0) is 4.79 Å². The Balaban J connectivity index is 0.00000264. The van der Waals surface area contributed by atoms with Gasteiger partial charge in [-0.05, 0) is 32.8 Å². The minimum Gasteiger partial charge on any atom is -0.459 e. The zero-order valence-electron chi connectivity index (χ0n) is 14.3. The molecule has 1 atom stereocenters. The van der Waals surface area contributed by atoms with Crippen LogP contribution in [-0.4, -0.2) is 12.5 Å². The van der Waals surface area contributed by atoms with Crippen LogP contribution in [0.5, 0.6) is 0 Å². The summed E-state index contributed by atoms with van der Waals surface area (Å²) in [6.45, 7) is 8.35. The van der Waals surface area contributed by atoms with Crippen LogP contribution < -0.4 is 11.1 Å². The Bertz CT molecular complexity index is 654. The van der Waals surface area contributed by atoms with E-state index in [1.807, 2.05) is 52.0 Å². The Labute approximate surface area is 144 Å². The number of rotatable bonds is 6. The number of carbonyl (C=O) groups is 1. The highest BCUT2D eigenvalue weighted by atomic mass is 35.5. The van der Waals surface area contributed by atoms with E-state index < -0.39 is 5.41 Å². The van der Waals surface area contributed by atoms with Gasteiger partial charge in [0.1, 0.15) is 11.3 Å². The molecule has 0 fully saturated rings. The zero-order chi connectivity index (χ0) is 16.3. The summed E-state index contributed by atoms with van der Waals surface area (Å²) >= 11 is 0. The van der Waals surface area contributed by atoms with Crippen molar-refractivity contribution >= 4 is 29.3 Å². The molecular formula is C18H27ClN2O2. The molecule has 1 amide bonds. The Morgan fingerprint density at radius 1 is 1.30 bits per heavy atom. The van der Waals surface area contributed by atoms with Gasteiger partial charge in [0.05, 0.1) is 11.5 Å². The van der Waals surface area contributed by atoms with Crippen LogP contribution >= 0.6 is 12.4 Å². The summed E-state index contributed by atoms with van der Waals surface area (Å²) in [6, 6.07) is 7.75. The van der Waals surface area contributed by atoms with Crippen LogP contribution in [0.1, 0.15) is 51.0 Å². The molecule has 1 unspecified atom stereocenters. The maximum Gasteiger partial charge on any atom is 0.228 e. The van der Waals surface area contributed by atoms with Gasteiger partial charge in [-0.2, -0.15) is 0 Å². The fraction of sp³-hybridized carbons (Fsp3) is 0.500. The van der Waals surface area contributed by atoms with Gasteiger partial charge < -0.3 is 15.5 Å². The number of hydrogen-bond donors (Lipinski definition) is 2. The van der Waals surface area contributed by atoms with Gasteiger partial charge in [-0.1, -0.05) is 32.0 Å². The van der Waals surface area contributed by atoms with Crippen LogP contribution in [0.4, 0.5) is 0 Å². The topological polar surface area (TPSA) is 68.3 Å². The van der Waals surface area contributed by atoms with Crippen molar-refractivity contribution in [2.75, 3.05) is 6.54 Å². The lowest BCUT2D eigenvalue weighted by molar-refractivity contribution is -0.131. The van der Waals surface area contributed by atoms with Crippen molar-refractivity contribution in [3.05, 3.63) is 35.6 Å². The molecule has 0 aliphatic heterocycles. The molecule has 0 bridgehead atoms. The first-order chi connectivity index (χ1) is 10.5. The third kappa shape index (κ3) is 3.54. The van der Waals surface area contributed by atoms with Gasteiger partial charge >= 0.3 is 0 Å². The molecule has 0 radical (unpaired) electrons. The number of fused-ring (bicyclic) bond motifs is 1. The fourth-order valence-electron chi connectivity index (χ4n) is 2.97. The quantitative estimate of drug-likeness (QED) is 0.833. The standard InChI is InChI=1S/C18H26N2O2.ClH/c1-5-18(6-2,11-19)17(21)20-13(4)16-12(3)14-9-7-8-10-15(14)22-16;/h7-10,13H,5-6,11,19H2,1-4H3,(H,20,21);1H. The molecule has 0 spiro atoms. The first kappa shape index (κ1) is 19.5. The monoisotopic (exact) mass is 338 g/mol. The van der Waals surface area contributed by atoms with Crippen LogP contribution in [0, 0.1) is 12.3 Å². The Morgan fingerprint density at radius 3 is 2.43 bits per heavy atom. The minimum absolute atomic E-state index is 0. The predicted molar refractivity (Wildman–Crippen MR) is 96.8 cm³/mol. The molecule has 1 heterocycles. The van der Waals surface area contributed by atoms with Gasteiger partial charge in [0.2, 0.25) is 5.91 Å². The Kier molecular flexibility index (Phi) is 6.66. The Morgan fingerprint density at radius 2 is 1.91 bits per heavy atom. The van der Waals surface area contributed by atoms with E-state index in [0.717, 1.165) is 35.1 Å². The number of furan rings is 1. The van der Waals surface area contributed by atoms with Gasteiger partial charge in [0.25, 0.3) is 0 Å². The summed E-state index contributed by atoms with van der Waals surface area (Å²) in [7, 11) is 0. The number of nitrogens with one attached hydrogen (secondary N) is 1. The number of para-hydroxylation sites is 1. The van der Waals surface area contributed by atoms with Gasteiger partial charge in [-0.3, -0.25) is 4.79 Å². The molecule has 0 aliphatic rings. The normalized spacial score (nSPS) is 12.7. The number of amides is 1. The lowest BCUT2D eigenvalue weighted by Crippen LogP contribution is -2.46. The minimum atomic E-state index is -0.492. The van der Waals surface area contributed by atoms with Gasteiger partial charge in [-0.15, -0.1) is 12.4 Å². The maximum atomic E-state index is 12.6. The molecular weight excluding hydrogens is 312 g/mol. The van der Waals surface area contributed by atoms with E-state index in [1.54, 1.807) is 0 Å². The molecule has 0 saturated heterocycles. The van der Waals surface area contributed by atoms with Crippen molar-refractivity contribution in [2.24, 2.45) is 11.1 Å². The molecule has 4 nitrogen and oxygen atoms in total. The first-order valence-electron chi connectivity index (χ1n) is 7.98. The van der Waals surface area contributed by atoms with Crippen molar-refractivity contribution in [2.45, 2.75) is 46.6 Å². The number of aryl methyl sites for hydroxylation is 1. The lowest BCUT2D eigenvalue weighted by Gasteiger charge is -2.30. The third-order valence-electron chi connectivity index (χ3n) is 4.85. The summed E-state index contributed by atoms with van der Waals surface area (Å²) in [5.74, 6) is 0.819. The maximum absolute atomic E-state index is 12.6. The van der Waals surface area contributed by atoms with E-state index in [9.17, 15) is 4.79 Å². The second-order valence-electron chi connectivity index (χ2n) is 5.97. The van der Waals surface area contributed by atoms with E-state index in [0.29, 0.717) is 6.54 Å². The summed E-state index contributed by atoms with van der Waals surface area (Å²) in [5, 5.41) is 4.17. The van der Waals surface area contributed by atoms with E-state index in [1.165, 1.54) is 0 Å². The number of benzene rings is 1. The molecule has 0 aliphatic carbocycles. The van der Waals surface area contributed by atoms with Gasteiger partial charge in [-0.25, -0.2) is 0 Å². The highest BCUT2D eigenvalue weighted by molar-refractivity contribution is 5.85. The zero-order valence-corrected chi connectivity index (χ0v) is 15.1. The van der Waals surface area contributed by atoms with E-state index in [-0.39, 0.29) is 24.4 Å². The fourth-order valence-corrected chi connectivity index (χ4v) is 2.97. The molecule has 5 heteroatoms. The molecule has 128 valence electrons. The summed E-state index contributed by atoms with van der Waals surface area (Å²) in [6.07, 6.45) is 1.47. The van der Waals surface area contributed by atoms with Gasteiger partial charge in [0, 0.05) is 17.5 Å². The van der Waals surface area contributed by atoms with Crippen molar-refractivity contribution in [1.29, 1.82) is 0 Å². The average Bonchev–Trinajstić information content (AvgIpc) is 2.87. The first-order valence-corrected chi connectivity index (χ1v) is 7.98. The summed E-state index contributed by atoms with van der Waals surface area (Å²) in [4.78, 5) is 12.6. The van der Waals surface area contributed by atoms with Crippen molar-refractivity contribution in [1.82, 2.24) is 5.32 Å². The third-order valence-corrected chi connectivity index (χ3v) is 4.85. The van der Waals surface area contributed by atoms with Gasteiger partial charge in [0.15, 0.2) is 0 Å². The van der Waals surface area contributed by atoms with Crippen LogP contribution in [0.3, 0.4) is 0 Å². The number of carbonyl (C=O) groups excluding carboxylic acids is 1. The van der Waals surface area contributed by atoms with E-state index in [2.05, 4.69) is 5.32 Å². The number of nitrogens with two attached hydrogens (primary N) is 1. The molecule has 2 aromatic rings. The second kappa shape index (κ2) is 7.84. The highest BCUT2D eigenvalue weighted by Crippen LogP contribution is 2.31. The molecule has 2 rings (SSSR count). The highest BCUT2D eigenvalue weighted by Gasteiger charge is 2.34. The molecule has 3 N–H and O–H groups in total. The van der Waals surface area contributed by atoms with Crippen molar-refractivity contribution < 1.29 is 9.21 Å². The van der Waals surface area contributed by atoms with Crippen LogP contribution in [0.25, 0.3) is 11.0 Å². The summed E-state index contributed by atoms with van der Waals surface area (Å²) < 4.78 is 5.93. The second-order valence-corrected chi connectivity index (χ2v) is 5.97. The van der Waals surface area contributed by atoms with E-state index >= 15 is 0 Å².